The lowest BCUT2D eigenvalue weighted by Gasteiger charge is -1.90. The van der Waals surface area contributed by atoms with Crippen LogP contribution in [0.25, 0.3) is 0 Å². The quantitative estimate of drug-likeness (QED) is 0.473. The minimum absolute atomic E-state index is 0. The summed E-state index contributed by atoms with van der Waals surface area (Å²) in [5.41, 5.74) is 0. The van der Waals surface area contributed by atoms with Gasteiger partial charge in [-0.1, -0.05) is 13.8 Å². The number of Topliss-reactive ketones (excluding diaryl/α,β-unsaturated/α-hetero) is 1. The maximum absolute atomic E-state index is 10.6. The minimum Gasteiger partial charge on any atom is -0.472 e. The molecule has 0 bridgehead atoms. The number of rotatable bonds is 1. The summed E-state index contributed by atoms with van der Waals surface area (Å²) in [6.45, 7) is 3.33. The van der Waals surface area contributed by atoms with Gasteiger partial charge in [0.25, 0.3) is 0 Å². The van der Waals surface area contributed by atoms with Crippen LogP contribution < -0.4 is 0 Å². The van der Waals surface area contributed by atoms with Gasteiger partial charge in [0.05, 0.1) is 0 Å². The van der Waals surface area contributed by atoms with E-state index in [0.29, 0.717) is 0 Å². The summed E-state index contributed by atoms with van der Waals surface area (Å²) in [7, 11) is 0. The van der Waals surface area contributed by atoms with E-state index in [0.717, 1.165) is 0 Å². The van der Waals surface area contributed by atoms with Crippen molar-refractivity contribution >= 4 is 24.2 Å². The zero-order chi connectivity index (χ0) is 8.15. The van der Waals surface area contributed by atoms with Gasteiger partial charge in [-0.05, 0) is 5.92 Å². The van der Waals surface area contributed by atoms with E-state index in [9.17, 15) is 9.59 Å². The van der Waals surface area contributed by atoms with Crippen LogP contribution in [-0.2, 0) is 9.59 Å². The van der Waals surface area contributed by atoms with Gasteiger partial charge >= 0.3 is 5.97 Å². The van der Waals surface area contributed by atoms with Crippen molar-refractivity contribution in [1.29, 1.82) is 0 Å². The molecular weight excluding hydrogens is 168 g/mol. The number of hydrogen-bond donors (Lipinski definition) is 1. The Hall–Kier alpha value is -1.01. The van der Waals surface area contributed by atoms with Gasteiger partial charge in [0, 0.05) is 11.8 Å². The molecule has 0 aliphatic rings. The second-order valence-corrected chi connectivity index (χ2v) is 2.07. The number of hydrogen-bond acceptors (Lipinski definition) is 2. The third-order valence-corrected chi connectivity index (χ3v) is 0.817. The first kappa shape index (κ1) is 12.6. The molecule has 62 valence electrons. The third-order valence-electron chi connectivity index (χ3n) is 0.817. The molecule has 0 amide bonds. The number of carbonyl (C=O) groups excluding carboxylic acids is 1. The average molecular weight is 177 g/mol. The highest BCUT2D eigenvalue weighted by Crippen LogP contribution is 1.90. The molecule has 0 atom stereocenters. The minimum atomic E-state index is -1.27. The van der Waals surface area contributed by atoms with Crippen LogP contribution in [0.4, 0.5) is 0 Å². The fourth-order valence-corrected chi connectivity index (χ4v) is 0.259. The summed E-state index contributed by atoms with van der Waals surface area (Å²) < 4.78 is 0. The molecule has 0 spiro atoms. The normalized spacial score (nSPS) is 7.55. The van der Waals surface area contributed by atoms with E-state index in [1.165, 1.54) is 0 Å². The van der Waals surface area contributed by atoms with Crippen LogP contribution >= 0.6 is 12.4 Å². The van der Waals surface area contributed by atoms with Crippen molar-refractivity contribution in [1.82, 2.24) is 0 Å². The van der Waals surface area contributed by atoms with Crippen molar-refractivity contribution in [2.24, 2.45) is 5.92 Å². The van der Waals surface area contributed by atoms with Crippen LogP contribution in [0.1, 0.15) is 13.8 Å². The number of carboxylic acid groups (broad SMARTS) is 1. The number of carboxylic acids is 1. The topological polar surface area (TPSA) is 54.4 Å². The summed E-state index contributed by atoms with van der Waals surface area (Å²) >= 11 is 0. The highest BCUT2D eigenvalue weighted by molar-refractivity contribution is 6.02. The Balaban J connectivity index is 0. The zero-order valence-electron chi connectivity index (χ0n) is 6.25. The standard InChI is InChI=1S/C7H8O3.ClH/c1-5(2)6(8)3-4-7(9)10;/h5H,1-2H3,(H,9,10);1H. The predicted octanol–water partition coefficient (Wildman–Crippen LogP) is 0.721. The molecule has 0 fully saturated rings. The summed E-state index contributed by atoms with van der Waals surface area (Å²) in [5.74, 6) is 1.91. The van der Waals surface area contributed by atoms with Crippen LogP contribution in [0, 0.1) is 17.8 Å². The fraction of sp³-hybridized carbons (Fsp3) is 0.429. The first-order chi connectivity index (χ1) is 4.54. The molecule has 0 rings (SSSR count). The molecule has 0 unspecified atom stereocenters. The molecule has 0 aliphatic heterocycles. The van der Waals surface area contributed by atoms with Crippen molar-refractivity contribution in [2.45, 2.75) is 13.8 Å². The largest absolute Gasteiger partial charge is 0.472 e. The predicted molar refractivity (Wildman–Crippen MR) is 42.5 cm³/mol. The number of aliphatic carboxylic acids is 1. The Morgan fingerprint density at radius 2 is 1.73 bits per heavy atom. The number of halogens is 1. The Morgan fingerprint density at radius 3 is 2.00 bits per heavy atom. The van der Waals surface area contributed by atoms with E-state index < -0.39 is 5.97 Å². The first-order valence-corrected chi connectivity index (χ1v) is 2.83. The molecule has 11 heavy (non-hydrogen) atoms. The summed E-state index contributed by atoms with van der Waals surface area (Å²) in [4.78, 5) is 20.4. The third kappa shape index (κ3) is 6.88. The molecule has 0 aliphatic carbocycles. The molecular formula is C7H9ClO3. The van der Waals surface area contributed by atoms with Gasteiger partial charge in [0.1, 0.15) is 0 Å². The summed E-state index contributed by atoms with van der Waals surface area (Å²) in [5, 5.41) is 8.02. The molecule has 3 nitrogen and oxygen atoms in total. The van der Waals surface area contributed by atoms with E-state index in [2.05, 4.69) is 0 Å². The average Bonchev–Trinajstić information content (AvgIpc) is 1.82. The zero-order valence-corrected chi connectivity index (χ0v) is 7.07. The molecule has 0 aromatic rings. The van der Waals surface area contributed by atoms with E-state index in [1.807, 2.05) is 5.92 Å². The molecule has 0 radical (unpaired) electrons. The van der Waals surface area contributed by atoms with E-state index in [-0.39, 0.29) is 24.1 Å². The van der Waals surface area contributed by atoms with Gasteiger partial charge in [0.15, 0.2) is 0 Å². The van der Waals surface area contributed by atoms with Crippen molar-refractivity contribution in [3.8, 4) is 11.8 Å². The molecule has 1 N–H and O–H groups in total. The van der Waals surface area contributed by atoms with Crippen LogP contribution in [-0.4, -0.2) is 16.9 Å². The van der Waals surface area contributed by atoms with Crippen molar-refractivity contribution in [3.63, 3.8) is 0 Å². The van der Waals surface area contributed by atoms with Gasteiger partial charge in [-0.15, -0.1) is 12.4 Å². The van der Waals surface area contributed by atoms with Gasteiger partial charge in [0.2, 0.25) is 5.78 Å². The Kier molecular flexibility index (Phi) is 6.61. The monoisotopic (exact) mass is 176 g/mol. The number of carbonyl (C=O) groups is 2. The van der Waals surface area contributed by atoms with E-state index in [1.54, 1.807) is 19.8 Å². The Morgan fingerprint density at radius 1 is 1.27 bits per heavy atom. The van der Waals surface area contributed by atoms with Gasteiger partial charge in [-0.2, -0.15) is 0 Å². The first-order valence-electron chi connectivity index (χ1n) is 2.83. The van der Waals surface area contributed by atoms with Crippen LogP contribution in [0.15, 0.2) is 0 Å². The van der Waals surface area contributed by atoms with Crippen LogP contribution in [0.3, 0.4) is 0 Å². The molecule has 0 saturated heterocycles. The molecule has 0 heterocycles. The van der Waals surface area contributed by atoms with Gasteiger partial charge in [-0.25, -0.2) is 4.79 Å². The van der Waals surface area contributed by atoms with Crippen LogP contribution in [0.5, 0.6) is 0 Å². The highest BCUT2D eigenvalue weighted by atomic mass is 35.5. The second kappa shape index (κ2) is 5.75. The van der Waals surface area contributed by atoms with Crippen molar-refractivity contribution < 1.29 is 14.7 Å². The van der Waals surface area contributed by atoms with Crippen LogP contribution in [0.2, 0.25) is 0 Å². The lowest BCUT2D eigenvalue weighted by atomic mass is 10.1. The Bertz CT molecular complexity index is 209. The fourth-order valence-electron chi connectivity index (χ4n) is 0.259. The molecule has 0 saturated carbocycles. The molecule has 4 heteroatoms. The molecule has 0 aromatic carbocycles. The van der Waals surface area contributed by atoms with Crippen molar-refractivity contribution in [3.05, 3.63) is 0 Å². The van der Waals surface area contributed by atoms with E-state index >= 15 is 0 Å². The van der Waals surface area contributed by atoms with Gasteiger partial charge < -0.3 is 5.11 Å². The van der Waals surface area contributed by atoms with E-state index in [4.69, 9.17) is 5.11 Å². The summed E-state index contributed by atoms with van der Waals surface area (Å²) in [6.07, 6.45) is 0. The smallest absolute Gasteiger partial charge is 0.382 e. The SMILES string of the molecule is CC(C)C(=O)C#CC(=O)O.Cl. The Labute approximate surface area is 71.2 Å². The maximum atomic E-state index is 10.6. The second-order valence-electron chi connectivity index (χ2n) is 2.07. The highest BCUT2D eigenvalue weighted by Gasteiger charge is 2.01. The lowest BCUT2D eigenvalue weighted by Crippen LogP contribution is -2.03. The van der Waals surface area contributed by atoms with Gasteiger partial charge in [-0.3, -0.25) is 4.79 Å². The molecule has 0 aromatic heterocycles. The van der Waals surface area contributed by atoms with Crippen molar-refractivity contribution in [2.75, 3.05) is 0 Å². The number of ketones is 1. The summed E-state index contributed by atoms with van der Waals surface area (Å²) in [6, 6.07) is 0. The maximum Gasteiger partial charge on any atom is 0.382 e. The lowest BCUT2D eigenvalue weighted by molar-refractivity contribution is -0.130.